The van der Waals surface area contributed by atoms with Crippen molar-refractivity contribution in [3.63, 3.8) is 0 Å². The number of carbonyl (C=O) groups is 1. The molecule has 31 heavy (non-hydrogen) atoms. The highest BCUT2D eigenvalue weighted by atomic mass is 28.4. The van der Waals surface area contributed by atoms with Crippen molar-refractivity contribution in [3.8, 4) is 5.75 Å². The lowest BCUT2D eigenvalue weighted by Crippen LogP contribution is -2.45. The van der Waals surface area contributed by atoms with Gasteiger partial charge in [-0.1, -0.05) is 46.8 Å². The van der Waals surface area contributed by atoms with Crippen LogP contribution < -0.4 is 4.74 Å². The van der Waals surface area contributed by atoms with Crippen LogP contribution in [0.25, 0.3) is 0 Å². The van der Waals surface area contributed by atoms with E-state index >= 15 is 0 Å². The van der Waals surface area contributed by atoms with Crippen LogP contribution in [0.1, 0.15) is 75.7 Å². The SMILES string of the molecule is CC(C)(CC[C@@H]1[C@H]2c3cccc(C=O)c3O[C@H]2C[C@H]1O[Si](C)(C)C(C)(C)C)[Si](C)(C)O. The largest absolute Gasteiger partial charge is 0.489 e. The molecule has 4 nitrogen and oxygen atoms in total. The third-order valence-corrected chi connectivity index (χ3v) is 16.7. The van der Waals surface area contributed by atoms with Crippen LogP contribution in [0.2, 0.25) is 36.3 Å². The van der Waals surface area contributed by atoms with E-state index in [9.17, 15) is 9.59 Å². The van der Waals surface area contributed by atoms with Crippen molar-refractivity contribution in [2.24, 2.45) is 5.92 Å². The third-order valence-electron chi connectivity index (χ3n) is 8.65. The Morgan fingerprint density at radius 3 is 2.35 bits per heavy atom. The summed E-state index contributed by atoms with van der Waals surface area (Å²) in [6.07, 6.45) is 3.97. The molecule has 1 aromatic carbocycles. The van der Waals surface area contributed by atoms with Crippen molar-refractivity contribution < 1.29 is 18.8 Å². The molecule has 4 atom stereocenters. The average Bonchev–Trinajstić information content (AvgIpc) is 3.13. The first-order valence-corrected chi connectivity index (χ1v) is 17.6. The molecule has 0 saturated heterocycles. The van der Waals surface area contributed by atoms with Crippen LogP contribution in [-0.2, 0) is 4.43 Å². The molecule has 2 aliphatic rings. The number of ether oxygens (including phenoxy) is 1. The fourth-order valence-electron chi connectivity index (χ4n) is 4.72. The first-order chi connectivity index (χ1) is 14.1. The van der Waals surface area contributed by atoms with Gasteiger partial charge < -0.3 is 14.0 Å². The van der Waals surface area contributed by atoms with Crippen LogP contribution in [0, 0.1) is 5.92 Å². The summed E-state index contributed by atoms with van der Waals surface area (Å²) in [5, 5.41) is 0.0809. The van der Waals surface area contributed by atoms with Crippen LogP contribution in [-0.4, -0.2) is 39.9 Å². The lowest BCUT2D eigenvalue weighted by Gasteiger charge is -2.41. The van der Waals surface area contributed by atoms with E-state index in [1.54, 1.807) is 0 Å². The summed E-state index contributed by atoms with van der Waals surface area (Å²) in [6.45, 7) is 20.0. The molecule has 0 unspecified atom stereocenters. The topological polar surface area (TPSA) is 55.8 Å². The number of para-hydroxylation sites is 1. The lowest BCUT2D eigenvalue weighted by molar-refractivity contribution is 0.111. The Balaban J connectivity index is 1.93. The molecule has 1 saturated carbocycles. The monoisotopic (exact) mass is 462 g/mol. The minimum Gasteiger partial charge on any atom is -0.489 e. The lowest BCUT2D eigenvalue weighted by atomic mass is 9.83. The van der Waals surface area contributed by atoms with Gasteiger partial charge in [-0.2, -0.15) is 0 Å². The molecule has 0 bridgehead atoms. The van der Waals surface area contributed by atoms with Crippen LogP contribution in [0.5, 0.6) is 5.75 Å². The first-order valence-electron chi connectivity index (χ1n) is 11.7. The van der Waals surface area contributed by atoms with Gasteiger partial charge in [0.2, 0.25) is 0 Å². The normalized spacial score (nSPS) is 26.4. The van der Waals surface area contributed by atoms with E-state index in [-0.39, 0.29) is 28.2 Å². The van der Waals surface area contributed by atoms with Crippen molar-refractivity contribution in [2.45, 2.75) is 108 Å². The summed E-state index contributed by atoms with van der Waals surface area (Å²) in [5.74, 6) is 1.36. The molecule has 1 aliphatic carbocycles. The Kier molecular flexibility index (Phi) is 6.46. The van der Waals surface area contributed by atoms with E-state index in [4.69, 9.17) is 9.16 Å². The summed E-state index contributed by atoms with van der Waals surface area (Å²) >= 11 is 0. The molecular formula is C25H42O4Si2. The van der Waals surface area contributed by atoms with Gasteiger partial charge in [0, 0.05) is 17.9 Å². The van der Waals surface area contributed by atoms with Gasteiger partial charge in [0.25, 0.3) is 0 Å². The smallest absolute Gasteiger partial charge is 0.192 e. The molecule has 1 aromatic rings. The maximum absolute atomic E-state index is 11.6. The first kappa shape index (κ1) is 24.7. The summed E-state index contributed by atoms with van der Waals surface area (Å²) in [7, 11) is -4.22. The standard InChI is InChI=1S/C25H42O4Si2/c1-24(2,3)31(8,9)29-20-15-21-22(18(20)13-14-25(4,5)30(6,7)27)19-12-10-11-17(16-26)23(19)28-21/h10-12,16,18,20-22,27H,13-15H2,1-9H3/t18-,20+,21-,22-/m0/s1. The summed E-state index contributed by atoms with van der Waals surface area (Å²) in [6, 6.07) is 5.94. The maximum atomic E-state index is 11.6. The number of hydrogen-bond donors (Lipinski definition) is 1. The molecule has 0 aromatic heterocycles. The molecular weight excluding hydrogens is 420 g/mol. The highest BCUT2D eigenvalue weighted by Gasteiger charge is 2.53. The van der Waals surface area contributed by atoms with E-state index in [1.165, 1.54) is 5.56 Å². The van der Waals surface area contributed by atoms with Gasteiger partial charge in [-0.3, -0.25) is 4.79 Å². The Morgan fingerprint density at radius 2 is 1.81 bits per heavy atom. The maximum Gasteiger partial charge on any atom is 0.192 e. The highest BCUT2D eigenvalue weighted by Crippen LogP contribution is 2.56. The fourth-order valence-corrected chi connectivity index (χ4v) is 6.85. The molecule has 1 aliphatic heterocycles. The average molecular weight is 463 g/mol. The van der Waals surface area contributed by atoms with Gasteiger partial charge in [0.15, 0.2) is 22.9 Å². The molecule has 0 spiro atoms. The summed E-state index contributed by atoms with van der Waals surface area (Å²) in [4.78, 5) is 22.4. The second-order valence-corrected chi connectivity index (χ2v) is 21.6. The van der Waals surface area contributed by atoms with E-state index in [1.807, 2.05) is 25.2 Å². The fraction of sp³-hybridized carbons (Fsp3) is 0.720. The summed E-state index contributed by atoms with van der Waals surface area (Å²) in [5.41, 5.74) is 1.82. The zero-order valence-electron chi connectivity index (χ0n) is 20.9. The van der Waals surface area contributed by atoms with Gasteiger partial charge in [0.05, 0.1) is 11.7 Å². The van der Waals surface area contributed by atoms with Crippen molar-refractivity contribution in [1.29, 1.82) is 0 Å². The van der Waals surface area contributed by atoms with Crippen molar-refractivity contribution in [1.82, 2.24) is 0 Å². The van der Waals surface area contributed by atoms with E-state index < -0.39 is 16.6 Å². The molecule has 1 heterocycles. The van der Waals surface area contributed by atoms with E-state index in [0.717, 1.165) is 31.3 Å². The molecule has 1 N–H and O–H groups in total. The van der Waals surface area contributed by atoms with Crippen molar-refractivity contribution in [2.75, 3.05) is 0 Å². The zero-order chi connectivity index (χ0) is 23.4. The zero-order valence-corrected chi connectivity index (χ0v) is 22.9. The predicted molar refractivity (Wildman–Crippen MR) is 132 cm³/mol. The number of rotatable bonds is 7. The van der Waals surface area contributed by atoms with Crippen LogP contribution >= 0.6 is 0 Å². The number of carbonyl (C=O) groups excluding carboxylic acids is 1. The van der Waals surface area contributed by atoms with Gasteiger partial charge in [-0.25, -0.2) is 0 Å². The number of benzene rings is 1. The second-order valence-electron chi connectivity index (χ2n) is 12.4. The third kappa shape index (κ3) is 4.59. The molecule has 6 heteroatoms. The van der Waals surface area contributed by atoms with Gasteiger partial charge in [0.1, 0.15) is 11.9 Å². The van der Waals surface area contributed by atoms with Crippen LogP contribution in [0.3, 0.4) is 0 Å². The van der Waals surface area contributed by atoms with Gasteiger partial charge >= 0.3 is 0 Å². The van der Waals surface area contributed by atoms with E-state index in [0.29, 0.717) is 11.5 Å². The number of hydrogen-bond acceptors (Lipinski definition) is 4. The van der Waals surface area contributed by atoms with Crippen LogP contribution in [0.4, 0.5) is 0 Å². The number of fused-ring (bicyclic) bond motifs is 3. The van der Waals surface area contributed by atoms with Crippen molar-refractivity contribution in [3.05, 3.63) is 29.3 Å². The Morgan fingerprint density at radius 1 is 1.16 bits per heavy atom. The Bertz CT molecular complexity index is 820. The Hall–Kier alpha value is -0.956. The minimum absolute atomic E-state index is 0.0679. The summed E-state index contributed by atoms with van der Waals surface area (Å²) < 4.78 is 13.3. The predicted octanol–water partition coefficient (Wildman–Crippen LogP) is 6.51. The minimum atomic E-state index is -2.29. The molecule has 0 radical (unpaired) electrons. The van der Waals surface area contributed by atoms with Crippen molar-refractivity contribution >= 4 is 22.9 Å². The molecule has 174 valence electrons. The molecule has 0 amide bonds. The highest BCUT2D eigenvalue weighted by molar-refractivity contribution is 6.74. The quantitative estimate of drug-likeness (QED) is 0.370. The van der Waals surface area contributed by atoms with Gasteiger partial charge in [-0.15, -0.1) is 0 Å². The van der Waals surface area contributed by atoms with Gasteiger partial charge in [-0.05, 0) is 61.1 Å². The molecule has 1 fully saturated rings. The Labute approximate surface area is 191 Å². The van der Waals surface area contributed by atoms with E-state index in [2.05, 4.69) is 53.8 Å². The van der Waals surface area contributed by atoms with Crippen LogP contribution in [0.15, 0.2) is 18.2 Å². The molecule has 3 rings (SSSR count). The number of aldehydes is 1. The second kappa shape index (κ2) is 8.12.